The molecule has 0 spiro atoms. The Labute approximate surface area is 236 Å². The number of nitrogens with zero attached hydrogens (tertiary/aromatic N) is 1. The van der Waals surface area contributed by atoms with Crippen molar-refractivity contribution < 1.29 is 18.7 Å². The first-order valence-electron chi connectivity index (χ1n) is 12.9. The molecular formula is C33H26ClNO5. The molecule has 40 heavy (non-hydrogen) atoms. The number of amides is 1. The van der Waals surface area contributed by atoms with E-state index in [4.69, 9.17) is 25.5 Å². The molecule has 1 aromatic heterocycles. The number of aryl methyl sites for hydroxylation is 2. The van der Waals surface area contributed by atoms with Crippen molar-refractivity contribution in [3.05, 3.63) is 134 Å². The number of halogens is 1. The zero-order chi connectivity index (χ0) is 28.0. The summed E-state index contributed by atoms with van der Waals surface area (Å²) in [7, 11) is 1.56. The molecule has 0 saturated heterocycles. The molecule has 1 aliphatic rings. The molecule has 0 aliphatic carbocycles. The first-order chi connectivity index (χ1) is 19.4. The third-order valence-electron chi connectivity index (χ3n) is 7.20. The quantitative estimate of drug-likeness (QED) is 0.220. The van der Waals surface area contributed by atoms with Crippen LogP contribution in [-0.2, 0) is 6.61 Å². The predicted octanol–water partition coefficient (Wildman–Crippen LogP) is 7.40. The highest BCUT2D eigenvalue weighted by Gasteiger charge is 2.44. The molecule has 200 valence electrons. The minimum Gasteiger partial charge on any atom is -0.493 e. The average molecular weight is 552 g/mol. The lowest BCUT2D eigenvalue weighted by molar-refractivity contribution is 0.0971. The summed E-state index contributed by atoms with van der Waals surface area (Å²) in [6.45, 7) is 4.17. The van der Waals surface area contributed by atoms with Gasteiger partial charge in [-0.15, -0.1) is 0 Å². The second kappa shape index (κ2) is 10.2. The van der Waals surface area contributed by atoms with E-state index < -0.39 is 11.9 Å². The number of hydrogen-bond acceptors (Lipinski definition) is 5. The fraction of sp³-hybridized carbons (Fsp3) is 0.152. The van der Waals surface area contributed by atoms with Crippen molar-refractivity contribution in [1.29, 1.82) is 0 Å². The Balaban J connectivity index is 1.51. The van der Waals surface area contributed by atoms with Crippen LogP contribution in [0.3, 0.4) is 0 Å². The summed E-state index contributed by atoms with van der Waals surface area (Å²) in [5.41, 5.74) is 4.44. The van der Waals surface area contributed by atoms with Crippen LogP contribution >= 0.6 is 11.6 Å². The van der Waals surface area contributed by atoms with Crippen molar-refractivity contribution >= 4 is 34.2 Å². The van der Waals surface area contributed by atoms with Gasteiger partial charge < -0.3 is 13.9 Å². The monoisotopic (exact) mass is 551 g/mol. The maximum Gasteiger partial charge on any atom is 0.295 e. The Bertz CT molecular complexity index is 1830. The topological polar surface area (TPSA) is 69.0 Å². The van der Waals surface area contributed by atoms with Crippen LogP contribution in [0.15, 0.2) is 94.1 Å². The zero-order valence-electron chi connectivity index (χ0n) is 22.2. The fourth-order valence-corrected chi connectivity index (χ4v) is 5.28. The van der Waals surface area contributed by atoms with Gasteiger partial charge in [0, 0.05) is 10.7 Å². The van der Waals surface area contributed by atoms with E-state index in [1.54, 1.807) is 42.3 Å². The molecule has 0 fully saturated rings. The van der Waals surface area contributed by atoms with Crippen LogP contribution in [0, 0.1) is 13.8 Å². The summed E-state index contributed by atoms with van der Waals surface area (Å²) in [6.07, 6.45) is 0. The number of ether oxygens (including phenoxy) is 2. The molecule has 1 aliphatic heterocycles. The highest BCUT2D eigenvalue weighted by atomic mass is 35.5. The summed E-state index contributed by atoms with van der Waals surface area (Å²) in [5.74, 6) is 0.636. The van der Waals surface area contributed by atoms with Gasteiger partial charge in [-0.3, -0.25) is 14.5 Å². The molecule has 1 unspecified atom stereocenters. The van der Waals surface area contributed by atoms with E-state index in [2.05, 4.69) is 0 Å². The van der Waals surface area contributed by atoms with Gasteiger partial charge in [0.15, 0.2) is 16.9 Å². The van der Waals surface area contributed by atoms with Crippen LogP contribution < -0.4 is 19.8 Å². The smallest absolute Gasteiger partial charge is 0.295 e. The van der Waals surface area contributed by atoms with Gasteiger partial charge in [-0.2, -0.15) is 0 Å². The van der Waals surface area contributed by atoms with Crippen LogP contribution in [-0.4, -0.2) is 13.0 Å². The third-order valence-corrected chi connectivity index (χ3v) is 7.61. The molecule has 5 aromatic rings. The van der Waals surface area contributed by atoms with E-state index in [1.165, 1.54) is 0 Å². The molecule has 4 aromatic carbocycles. The van der Waals surface area contributed by atoms with Crippen molar-refractivity contribution in [2.75, 3.05) is 12.0 Å². The van der Waals surface area contributed by atoms with Crippen molar-refractivity contribution in [2.45, 2.75) is 26.5 Å². The first kappa shape index (κ1) is 25.7. The average Bonchev–Trinajstić information content (AvgIpc) is 3.26. The molecule has 2 heterocycles. The second-order valence-electron chi connectivity index (χ2n) is 9.87. The molecule has 6 rings (SSSR count). The third kappa shape index (κ3) is 4.40. The van der Waals surface area contributed by atoms with Crippen LogP contribution in [0.25, 0.3) is 11.0 Å². The molecule has 7 heteroatoms. The molecular weight excluding hydrogens is 526 g/mol. The summed E-state index contributed by atoms with van der Waals surface area (Å²) < 4.78 is 17.8. The van der Waals surface area contributed by atoms with Gasteiger partial charge in [-0.05, 0) is 66.9 Å². The Morgan fingerprint density at radius 1 is 0.900 bits per heavy atom. The number of rotatable bonds is 6. The lowest BCUT2D eigenvalue weighted by atomic mass is 9.97. The van der Waals surface area contributed by atoms with Crippen LogP contribution in [0.5, 0.6) is 11.5 Å². The summed E-state index contributed by atoms with van der Waals surface area (Å²) in [5, 5.41) is 0.942. The SMILES string of the molecule is COc1cc(C2c3c(oc4ccc(C)cc4c3=O)C(=O)N2c2ccc(C)c(Cl)c2)ccc1OCc1ccccc1. The minimum absolute atomic E-state index is 0.0198. The molecule has 0 N–H and O–H groups in total. The van der Waals surface area contributed by atoms with Gasteiger partial charge in [0.25, 0.3) is 5.91 Å². The van der Waals surface area contributed by atoms with Gasteiger partial charge in [-0.25, -0.2) is 0 Å². The van der Waals surface area contributed by atoms with Gasteiger partial charge in [0.1, 0.15) is 12.2 Å². The molecule has 1 atom stereocenters. The van der Waals surface area contributed by atoms with Crippen molar-refractivity contribution in [1.82, 2.24) is 0 Å². The minimum atomic E-state index is -0.764. The van der Waals surface area contributed by atoms with E-state index in [1.807, 2.05) is 68.4 Å². The summed E-state index contributed by atoms with van der Waals surface area (Å²) in [4.78, 5) is 29.4. The van der Waals surface area contributed by atoms with E-state index in [9.17, 15) is 9.59 Å². The van der Waals surface area contributed by atoms with E-state index >= 15 is 0 Å². The number of carbonyl (C=O) groups excluding carboxylic acids is 1. The Kier molecular flexibility index (Phi) is 6.56. The van der Waals surface area contributed by atoms with E-state index in [-0.39, 0.29) is 16.8 Å². The fourth-order valence-electron chi connectivity index (χ4n) is 5.11. The number of carbonyl (C=O) groups is 1. The number of hydrogen-bond donors (Lipinski definition) is 0. The lowest BCUT2D eigenvalue weighted by Gasteiger charge is -2.26. The Hall–Kier alpha value is -4.55. The van der Waals surface area contributed by atoms with Crippen LogP contribution in [0.2, 0.25) is 5.02 Å². The standard InChI is InChI=1S/C33H26ClNO5/c1-19-9-13-26-24(15-19)31(36)29-30(35(33(37)32(29)40-26)23-12-10-20(2)25(34)17-23)22-11-14-27(28(16-22)38-3)39-18-21-7-5-4-6-8-21/h4-17,30H,18H2,1-3H3. The number of fused-ring (bicyclic) bond motifs is 2. The van der Waals surface area contributed by atoms with Gasteiger partial charge in [-0.1, -0.05) is 65.7 Å². The van der Waals surface area contributed by atoms with Gasteiger partial charge in [0.2, 0.25) is 5.76 Å². The largest absolute Gasteiger partial charge is 0.493 e. The van der Waals surface area contributed by atoms with Gasteiger partial charge in [0.05, 0.1) is 24.1 Å². The predicted molar refractivity (Wildman–Crippen MR) is 156 cm³/mol. The number of benzene rings is 4. The van der Waals surface area contributed by atoms with Crippen LogP contribution in [0.4, 0.5) is 5.69 Å². The van der Waals surface area contributed by atoms with E-state index in [0.717, 1.165) is 16.7 Å². The molecule has 6 nitrogen and oxygen atoms in total. The van der Waals surface area contributed by atoms with Gasteiger partial charge >= 0.3 is 0 Å². The molecule has 1 amide bonds. The maximum atomic E-state index is 14.0. The Morgan fingerprint density at radius 3 is 2.45 bits per heavy atom. The summed E-state index contributed by atoms with van der Waals surface area (Å²) in [6, 6.07) is 25.3. The molecule has 0 bridgehead atoms. The first-order valence-corrected chi connectivity index (χ1v) is 13.2. The van der Waals surface area contributed by atoms with Crippen molar-refractivity contribution in [3.63, 3.8) is 0 Å². The molecule has 0 saturated carbocycles. The normalized spacial score (nSPS) is 14.4. The Morgan fingerprint density at radius 2 is 1.70 bits per heavy atom. The van der Waals surface area contributed by atoms with E-state index in [0.29, 0.717) is 45.3 Å². The zero-order valence-corrected chi connectivity index (χ0v) is 23.0. The lowest BCUT2D eigenvalue weighted by Crippen LogP contribution is -2.29. The van der Waals surface area contributed by atoms with Crippen molar-refractivity contribution in [3.8, 4) is 11.5 Å². The number of methoxy groups -OCH3 is 1. The highest BCUT2D eigenvalue weighted by Crippen LogP contribution is 2.44. The number of anilines is 1. The maximum absolute atomic E-state index is 14.0. The summed E-state index contributed by atoms with van der Waals surface area (Å²) >= 11 is 6.47. The molecule has 0 radical (unpaired) electrons. The van der Waals surface area contributed by atoms with Crippen LogP contribution in [0.1, 0.15) is 44.4 Å². The second-order valence-corrected chi connectivity index (χ2v) is 10.3. The van der Waals surface area contributed by atoms with Crippen molar-refractivity contribution in [2.24, 2.45) is 0 Å². The highest BCUT2D eigenvalue weighted by molar-refractivity contribution is 6.31.